The molecular formula is C20H19FN2S. The van der Waals surface area contributed by atoms with Gasteiger partial charge in [0.15, 0.2) is 0 Å². The molecule has 1 aromatic heterocycles. The smallest absolute Gasteiger partial charge is 0.123 e. The third-order valence-electron chi connectivity index (χ3n) is 4.64. The summed E-state index contributed by atoms with van der Waals surface area (Å²) in [5.74, 6) is 0.870. The summed E-state index contributed by atoms with van der Waals surface area (Å²) in [5, 5.41) is 0. The predicted molar refractivity (Wildman–Crippen MR) is 96.6 cm³/mol. The Morgan fingerprint density at radius 2 is 2.04 bits per heavy atom. The molecule has 2 aromatic carbocycles. The van der Waals surface area contributed by atoms with Gasteiger partial charge in [0.1, 0.15) is 5.82 Å². The van der Waals surface area contributed by atoms with Crippen LogP contribution >= 0.6 is 11.8 Å². The normalized spacial score (nSPS) is 19.9. The minimum atomic E-state index is -0.142. The van der Waals surface area contributed by atoms with Crippen molar-refractivity contribution < 1.29 is 4.39 Å². The number of nitrogens with zero attached hydrogens (tertiary/aromatic N) is 2. The second-order valence-electron chi connectivity index (χ2n) is 6.29. The molecule has 0 saturated carbocycles. The van der Waals surface area contributed by atoms with Gasteiger partial charge in [-0.2, -0.15) is 0 Å². The molecule has 1 aliphatic rings. The van der Waals surface area contributed by atoms with Crippen molar-refractivity contribution in [1.29, 1.82) is 0 Å². The Hall–Kier alpha value is -2.07. The lowest BCUT2D eigenvalue weighted by Crippen LogP contribution is -2.35. The van der Waals surface area contributed by atoms with Crippen molar-refractivity contribution >= 4 is 11.8 Å². The van der Waals surface area contributed by atoms with Gasteiger partial charge in [-0.15, -0.1) is 11.8 Å². The number of hydrogen-bond acceptors (Lipinski definition) is 2. The van der Waals surface area contributed by atoms with Gasteiger partial charge in [-0.25, -0.2) is 9.37 Å². The van der Waals surface area contributed by atoms with E-state index in [-0.39, 0.29) is 10.6 Å². The molecule has 0 aliphatic carbocycles. The van der Waals surface area contributed by atoms with Crippen molar-refractivity contribution in [2.75, 3.05) is 5.75 Å². The molecule has 1 unspecified atom stereocenters. The largest absolute Gasteiger partial charge is 0.336 e. The molecule has 4 heteroatoms. The number of hydrogen-bond donors (Lipinski definition) is 0. The summed E-state index contributed by atoms with van der Waals surface area (Å²) in [7, 11) is 0. The number of aromatic nitrogens is 2. The van der Waals surface area contributed by atoms with Crippen molar-refractivity contribution in [3.05, 3.63) is 89.8 Å². The molecular weight excluding hydrogens is 319 g/mol. The van der Waals surface area contributed by atoms with Gasteiger partial charge in [-0.1, -0.05) is 36.4 Å². The third-order valence-corrected chi connectivity index (χ3v) is 6.09. The van der Waals surface area contributed by atoms with E-state index in [4.69, 9.17) is 0 Å². The van der Waals surface area contributed by atoms with E-state index >= 15 is 0 Å². The van der Waals surface area contributed by atoms with Gasteiger partial charge in [0.2, 0.25) is 0 Å². The zero-order valence-electron chi connectivity index (χ0n) is 13.4. The van der Waals surface area contributed by atoms with E-state index in [1.54, 1.807) is 12.1 Å². The van der Waals surface area contributed by atoms with E-state index in [0.717, 1.165) is 30.7 Å². The first kappa shape index (κ1) is 15.5. The molecule has 0 radical (unpaired) electrons. The molecule has 4 rings (SSSR count). The molecule has 0 saturated heterocycles. The van der Waals surface area contributed by atoms with Crippen LogP contribution in [0.4, 0.5) is 4.39 Å². The summed E-state index contributed by atoms with van der Waals surface area (Å²) in [6.07, 6.45) is 7.54. The van der Waals surface area contributed by atoms with E-state index in [2.05, 4.69) is 33.8 Å². The Morgan fingerprint density at radius 3 is 2.83 bits per heavy atom. The van der Waals surface area contributed by atoms with Gasteiger partial charge >= 0.3 is 0 Å². The maximum Gasteiger partial charge on any atom is 0.123 e. The highest BCUT2D eigenvalue weighted by Gasteiger charge is 2.38. The summed E-state index contributed by atoms with van der Waals surface area (Å²) in [4.78, 5) is 4.19. The molecule has 0 amide bonds. The fourth-order valence-corrected chi connectivity index (χ4v) is 5.16. The lowest BCUT2D eigenvalue weighted by atomic mass is 9.86. The summed E-state index contributed by atoms with van der Waals surface area (Å²) in [6.45, 7) is 0.838. The monoisotopic (exact) mass is 338 g/mol. The summed E-state index contributed by atoms with van der Waals surface area (Å²) < 4.78 is 15.8. The zero-order chi connectivity index (χ0) is 16.4. The van der Waals surface area contributed by atoms with Crippen LogP contribution in [0, 0.1) is 5.82 Å². The van der Waals surface area contributed by atoms with Crippen LogP contribution in [0.15, 0.2) is 67.3 Å². The average Bonchev–Trinajstić information content (AvgIpc) is 3.08. The van der Waals surface area contributed by atoms with Gasteiger partial charge < -0.3 is 4.57 Å². The molecule has 1 aliphatic heterocycles. The van der Waals surface area contributed by atoms with E-state index in [0.29, 0.717) is 0 Å². The van der Waals surface area contributed by atoms with Gasteiger partial charge in [0.25, 0.3) is 0 Å². The van der Waals surface area contributed by atoms with Crippen LogP contribution in [0.5, 0.6) is 0 Å². The molecule has 3 aromatic rings. The Morgan fingerprint density at radius 1 is 1.17 bits per heavy atom. The first-order chi connectivity index (χ1) is 11.8. The maximum absolute atomic E-state index is 13.7. The first-order valence-corrected chi connectivity index (χ1v) is 9.16. The van der Waals surface area contributed by atoms with Crippen molar-refractivity contribution in [2.24, 2.45) is 0 Å². The molecule has 0 N–H and O–H groups in total. The highest BCUT2D eigenvalue weighted by atomic mass is 32.2. The van der Waals surface area contributed by atoms with Gasteiger partial charge in [0.05, 0.1) is 11.1 Å². The fraction of sp³-hybridized carbons (Fsp3) is 0.250. The molecule has 2 heterocycles. The summed E-state index contributed by atoms with van der Waals surface area (Å²) in [6, 6.07) is 15.8. The van der Waals surface area contributed by atoms with E-state index < -0.39 is 0 Å². The Balaban J connectivity index is 1.79. The van der Waals surface area contributed by atoms with Crippen molar-refractivity contribution in [3.63, 3.8) is 0 Å². The minimum Gasteiger partial charge on any atom is -0.336 e. The maximum atomic E-state index is 13.7. The van der Waals surface area contributed by atoms with E-state index in [9.17, 15) is 4.39 Å². The lowest BCUT2D eigenvalue weighted by molar-refractivity contribution is 0.498. The number of aryl methyl sites for hydroxylation is 1. The standard InChI is InChI=1S/C20H19FN2S/c21-18-6-7-19-17(12-18)8-11-24-20(19,14-23-10-9-22-15-23)13-16-4-2-1-3-5-16/h1-7,9-10,12,15H,8,11,13-14H2. The van der Waals surface area contributed by atoms with E-state index in [1.807, 2.05) is 42.6 Å². The zero-order valence-corrected chi connectivity index (χ0v) is 14.2. The summed E-state index contributed by atoms with van der Waals surface area (Å²) in [5.41, 5.74) is 3.71. The van der Waals surface area contributed by atoms with Crippen molar-refractivity contribution in [3.8, 4) is 0 Å². The molecule has 2 nitrogen and oxygen atoms in total. The topological polar surface area (TPSA) is 17.8 Å². The van der Waals surface area contributed by atoms with Gasteiger partial charge in [-0.3, -0.25) is 0 Å². The highest BCUT2D eigenvalue weighted by molar-refractivity contribution is 8.00. The quantitative estimate of drug-likeness (QED) is 0.699. The second kappa shape index (κ2) is 6.44. The van der Waals surface area contributed by atoms with E-state index in [1.165, 1.54) is 11.1 Å². The predicted octanol–water partition coefficient (Wildman–Crippen LogP) is 4.45. The minimum absolute atomic E-state index is 0.0939. The number of fused-ring (bicyclic) bond motifs is 1. The Kier molecular flexibility index (Phi) is 4.15. The fourth-order valence-electron chi connectivity index (χ4n) is 3.58. The number of thioether (sulfide) groups is 1. The number of rotatable bonds is 4. The second-order valence-corrected chi connectivity index (χ2v) is 7.77. The average molecular weight is 338 g/mol. The molecule has 0 fully saturated rings. The molecule has 122 valence electrons. The Labute approximate surface area is 145 Å². The molecule has 0 spiro atoms. The molecule has 24 heavy (non-hydrogen) atoms. The molecule has 0 bridgehead atoms. The highest BCUT2D eigenvalue weighted by Crippen LogP contribution is 2.46. The molecule has 1 atom stereocenters. The third kappa shape index (κ3) is 2.98. The van der Waals surface area contributed by atoms with Crippen molar-refractivity contribution in [2.45, 2.75) is 24.1 Å². The van der Waals surface area contributed by atoms with Gasteiger partial charge in [0, 0.05) is 18.9 Å². The van der Waals surface area contributed by atoms with Crippen LogP contribution in [0.25, 0.3) is 0 Å². The van der Waals surface area contributed by atoms with Crippen LogP contribution in [-0.2, 0) is 24.1 Å². The van der Waals surface area contributed by atoms with Crippen LogP contribution in [0.1, 0.15) is 16.7 Å². The lowest BCUT2D eigenvalue weighted by Gasteiger charge is -2.39. The number of benzene rings is 2. The number of imidazole rings is 1. The van der Waals surface area contributed by atoms with Gasteiger partial charge in [-0.05, 0) is 47.4 Å². The summed E-state index contributed by atoms with van der Waals surface area (Å²) >= 11 is 1.98. The van der Waals surface area contributed by atoms with Crippen LogP contribution < -0.4 is 0 Å². The van der Waals surface area contributed by atoms with Crippen LogP contribution in [-0.4, -0.2) is 15.3 Å². The van der Waals surface area contributed by atoms with Crippen LogP contribution in [0.3, 0.4) is 0 Å². The van der Waals surface area contributed by atoms with Crippen LogP contribution in [0.2, 0.25) is 0 Å². The van der Waals surface area contributed by atoms with Crippen molar-refractivity contribution in [1.82, 2.24) is 9.55 Å². The SMILES string of the molecule is Fc1ccc2c(c1)CCSC2(Cc1ccccc1)Cn1ccnc1. The first-order valence-electron chi connectivity index (χ1n) is 8.18. The Bertz CT molecular complexity index is 817. The number of halogens is 1.